The first kappa shape index (κ1) is 54.6. The van der Waals surface area contributed by atoms with E-state index in [1.165, 1.54) is 29.8 Å². The molecular formula is C49H47ClF5N13O3S. The van der Waals surface area contributed by atoms with Gasteiger partial charge in [0.15, 0.2) is 0 Å². The van der Waals surface area contributed by atoms with Crippen molar-refractivity contribution in [3.8, 4) is 10.6 Å². The van der Waals surface area contributed by atoms with Gasteiger partial charge in [0, 0.05) is 94.1 Å². The number of nitrogens with zero attached hydrogens (tertiary/aromatic N) is 11. The first-order chi connectivity index (χ1) is 33.7. The van der Waals surface area contributed by atoms with E-state index in [1.807, 2.05) is 111 Å². The topological polar surface area (TPSA) is 201 Å². The van der Waals surface area contributed by atoms with E-state index in [-0.39, 0.29) is 29.9 Å². The highest BCUT2D eigenvalue weighted by molar-refractivity contribution is 7.21. The number of carboxylic acids is 1. The molecule has 0 saturated carbocycles. The molecule has 0 unspecified atom stereocenters. The molecule has 10 aromatic heterocycles. The third-order valence-corrected chi connectivity index (χ3v) is 11.5. The van der Waals surface area contributed by atoms with E-state index in [0.29, 0.717) is 10.3 Å². The molecule has 374 valence electrons. The monoisotopic (exact) mass is 1030 g/mol. The highest BCUT2D eigenvalue weighted by Gasteiger charge is 2.14. The Kier molecular flexibility index (Phi) is 18.2. The number of hydrogen-bond donors (Lipinski definition) is 3. The summed E-state index contributed by atoms with van der Waals surface area (Å²) in [5.74, 6) is -5.81. The number of thiazole rings is 1. The van der Waals surface area contributed by atoms with Gasteiger partial charge in [0.1, 0.15) is 37.5 Å². The lowest BCUT2D eigenvalue weighted by Gasteiger charge is -2.11. The molecule has 10 heterocycles. The van der Waals surface area contributed by atoms with Gasteiger partial charge in [0.05, 0.1) is 22.5 Å². The maximum atomic E-state index is 13.4. The zero-order valence-corrected chi connectivity index (χ0v) is 40.4. The Labute approximate surface area is 417 Å². The molecule has 10 rings (SSSR count). The first-order valence-electron chi connectivity index (χ1n) is 20.8. The van der Waals surface area contributed by atoms with Crippen LogP contribution in [0.3, 0.4) is 0 Å². The molecule has 0 aliphatic heterocycles. The SMILES string of the molecule is C.CC(C)=C(Cl)N(C)C.Cn1ccc2cc(-c3nc4ccc(F)nc4s3)cnc21.Cn1ccc2cc(C(=O)Nc3ccc(F)nc3F)cnc21.Cn1ccc2cc(C(=O)O)cnc21.Nc1ccc(F)nc1F. The lowest BCUT2D eigenvalue weighted by molar-refractivity contribution is 0.0696. The number of rotatable bonds is 5. The fourth-order valence-electron chi connectivity index (χ4n) is 6.31. The van der Waals surface area contributed by atoms with Crippen molar-refractivity contribution in [1.29, 1.82) is 0 Å². The molecule has 0 spiro atoms. The first-order valence-corrected chi connectivity index (χ1v) is 22.0. The fraction of sp³-hybridized carbons (Fsp3) is 0.163. The number of amides is 1. The number of nitrogen functional groups attached to an aromatic ring is 1. The highest BCUT2D eigenvalue weighted by atomic mass is 35.5. The number of aromatic carboxylic acids is 1. The summed E-state index contributed by atoms with van der Waals surface area (Å²) in [6.07, 6.45) is 10.2. The van der Waals surface area contributed by atoms with Crippen LogP contribution in [0.4, 0.5) is 33.3 Å². The predicted molar refractivity (Wildman–Crippen MR) is 271 cm³/mol. The molecule has 10 aromatic rings. The van der Waals surface area contributed by atoms with Gasteiger partial charge in [-0.05, 0) is 92.2 Å². The van der Waals surface area contributed by atoms with Crippen molar-refractivity contribution in [2.24, 2.45) is 21.1 Å². The van der Waals surface area contributed by atoms with Crippen LogP contribution in [0.5, 0.6) is 0 Å². The van der Waals surface area contributed by atoms with Crippen LogP contribution >= 0.6 is 22.9 Å². The molecule has 0 aliphatic rings. The van der Waals surface area contributed by atoms with Gasteiger partial charge in [-0.25, -0.2) is 29.7 Å². The number of aryl methyl sites for hydroxylation is 3. The second-order valence-electron chi connectivity index (χ2n) is 15.6. The molecule has 0 saturated heterocycles. The number of halogens is 6. The molecule has 1 amide bonds. The summed E-state index contributed by atoms with van der Waals surface area (Å²) < 4.78 is 68.9. The van der Waals surface area contributed by atoms with E-state index in [9.17, 15) is 31.5 Å². The molecule has 16 nitrogen and oxygen atoms in total. The van der Waals surface area contributed by atoms with Crippen molar-refractivity contribution in [2.45, 2.75) is 21.3 Å². The standard InChI is InChI=1S/C14H10F2N4O.C14H9FN4S.C9H8N2O2.C6H12ClN.C5H4F2N2.CH4/c1-20-5-4-8-6-9(7-17-13(8)20)14(21)18-10-2-3-11(15)19-12(10)16;1-19-5-4-8-6-9(7-16-12(8)19)13-17-10-2-3-11(15)18-14(10)20-13;1-11-3-2-6-4-7(9(12)13)5-10-8(6)11;1-5(2)6(7)8(3)4;6-4-2-1-3(8)5(7)9-4;/h2-7H,1H3,(H,18,21);2-7H,1H3;2-5H,1H3,(H,12,13);1-4H3;1-2H,8H2;1H4. The Bertz CT molecular complexity index is 3570. The van der Waals surface area contributed by atoms with Gasteiger partial charge < -0.3 is 34.8 Å². The summed E-state index contributed by atoms with van der Waals surface area (Å²) in [5.41, 5.74) is 10.4. The fourth-order valence-corrected chi connectivity index (χ4v) is 7.22. The number of pyridine rings is 6. The van der Waals surface area contributed by atoms with Crippen molar-refractivity contribution in [1.82, 2.24) is 53.5 Å². The van der Waals surface area contributed by atoms with E-state index in [4.69, 9.17) is 22.4 Å². The van der Waals surface area contributed by atoms with Crippen molar-refractivity contribution in [3.05, 3.63) is 162 Å². The summed E-state index contributed by atoms with van der Waals surface area (Å²) >= 11 is 7.13. The van der Waals surface area contributed by atoms with Crippen LogP contribution in [-0.4, -0.2) is 84.6 Å². The minimum atomic E-state index is -1.07. The Balaban J connectivity index is 0.000000175. The van der Waals surface area contributed by atoms with E-state index in [0.717, 1.165) is 78.7 Å². The second kappa shape index (κ2) is 24.0. The maximum Gasteiger partial charge on any atom is 0.337 e. The number of nitrogens with one attached hydrogen (secondary N) is 1. The van der Waals surface area contributed by atoms with Crippen molar-refractivity contribution < 1.29 is 36.6 Å². The highest BCUT2D eigenvalue weighted by Crippen LogP contribution is 2.30. The second-order valence-corrected chi connectivity index (χ2v) is 16.9. The van der Waals surface area contributed by atoms with Crippen molar-refractivity contribution in [3.63, 3.8) is 0 Å². The third kappa shape index (κ3) is 13.7. The quantitative estimate of drug-likeness (QED) is 0.0838. The number of aromatic nitrogens is 10. The predicted octanol–water partition coefficient (Wildman–Crippen LogP) is 10.8. The Morgan fingerprint density at radius 1 is 0.667 bits per heavy atom. The summed E-state index contributed by atoms with van der Waals surface area (Å²) in [6, 6.07) is 18.1. The van der Waals surface area contributed by atoms with Crippen LogP contribution in [0.25, 0.3) is 54.0 Å². The van der Waals surface area contributed by atoms with E-state index >= 15 is 0 Å². The van der Waals surface area contributed by atoms with E-state index in [2.05, 4.69) is 40.2 Å². The molecule has 0 fully saturated rings. The molecule has 0 radical (unpaired) electrons. The van der Waals surface area contributed by atoms with Gasteiger partial charge in [-0.2, -0.15) is 31.9 Å². The number of nitrogens with two attached hydrogens (primary N) is 1. The molecule has 0 aromatic carbocycles. The van der Waals surface area contributed by atoms with Crippen LogP contribution in [-0.2, 0) is 21.1 Å². The number of anilines is 2. The third-order valence-electron chi connectivity index (χ3n) is 9.81. The molecule has 4 N–H and O–H groups in total. The minimum absolute atomic E-state index is 0. The van der Waals surface area contributed by atoms with Crippen LogP contribution in [0.1, 0.15) is 42.0 Å². The summed E-state index contributed by atoms with van der Waals surface area (Å²) in [4.78, 5) is 52.0. The normalized spacial score (nSPS) is 10.4. The summed E-state index contributed by atoms with van der Waals surface area (Å²) in [6.45, 7) is 3.98. The average molecular weight is 1030 g/mol. The number of fused-ring (bicyclic) bond motifs is 4. The van der Waals surface area contributed by atoms with E-state index < -0.39 is 41.6 Å². The van der Waals surface area contributed by atoms with Gasteiger partial charge in [-0.15, -0.1) is 0 Å². The van der Waals surface area contributed by atoms with Crippen LogP contribution in [0.2, 0.25) is 0 Å². The molecule has 0 aliphatic carbocycles. The van der Waals surface area contributed by atoms with Gasteiger partial charge >= 0.3 is 5.97 Å². The molecule has 72 heavy (non-hydrogen) atoms. The van der Waals surface area contributed by atoms with Gasteiger partial charge in [-0.3, -0.25) is 4.79 Å². The Hall–Kier alpha value is -8.37. The zero-order chi connectivity index (χ0) is 51.7. The van der Waals surface area contributed by atoms with Crippen LogP contribution < -0.4 is 11.1 Å². The van der Waals surface area contributed by atoms with Crippen molar-refractivity contribution >= 4 is 89.6 Å². The summed E-state index contributed by atoms with van der Waals surface area (Å²) in [7, 11) is 9.52. The van der Waals surface area contributed by atoms with Gasteiger partial charge in [0.25, 0.3) is 5.91 Å². The number of carbonyl (C=O) groups is 2. The van der Waals surface area contributed by atoms with E-state index in [1.54, 1.807) is 24.4 Å². The largest absolute Gasteiger partial charge is 0.478 e. The smallest absolute Gasteiger partial charge is 0.337 e. The molecular weight excluding hydrogens is 981 g/mol. The lowest BCUT2D eigenvalue weighted by Crippen LogP contribution is -2.14. The number of hydrogen-bond acceptors (Lipinski definition) is 12. The number of carboxylic acid groups (broad SMARTS) is 1. The van der Waals surface area contributed by atoms with Crippen molar-refractivity contribution in [2.75, 3.05) is 25.1 Å². The van der Waals surface area contributed by atoms with Gasteiger partial charge in [0.2, 0.25) is 29.7 Å². The van der Waals surface area contributed by atoms with Crippen LogP contribution in [0, 0.1) is 29.7 Å². The molecule has 0 bridgehead atoms. The minimum Gasteiger partial charge on any atom is -0.478 e. The number of allylic oxidation sites excluding steroid dienone is 1. The van der Waals surface area contributed by atoms with Gasteiger partial charge in [-0.1, -0.05) is 30.4 Å². The average Bonchev–Trinajstić information content (AvgIpc) is 4.13. The Morgan fingerprint density at radius 2 is 1.15 bits per heavy atom. The zero-order valence-electron chi connectivity index (χ0n) is 38.8. The Morgan fingerprint density at radius 3 is 1.65 bits per heavy atom. The number of carbonyl (C=O) groups excluding carboxylic acids is 1. The molecule has 23 heteroatoms. The summed E-state index contributed by atoms with van der Waals surface area (Å²) in [5, 5.41) is 15.4. The van der Waals surface area contributed by atoms with Crippen LogP contribution in [0.15, 0.2) is 121 Å². The maximum absolute atomic E-state index is 13.4. The lowest BCUT2D eigenvalue weighted by atomic mass is 10.2. The molecule has 0 atom stereocenters.